The molecule has 0 unspecified atom stereocenters. The van der Waals surface area contributed by atoms with Crippen LogP contribution in [0, 0.1) is 0 Å². The normalized spacial score (nSPS) is 11.3. The lowest BCUT2D eigenvalue weighted by Crippen LogP contribution is -1.89. The van der Waals surface area contributed by atoms with Gasteiger partial charge in [-0.2, -0.15) is 12.6 Å². The summed E-state index contributed by atoms with van der Waals surface area (Å²) in [5.41, 5.74) is 1.04. The molecule has 0 bridgehead atoms. The average Bonchev–Trinajstić information content (AvgIpc) is 2.70. The van der Waals surface area contributed by atoms with Crippen LogP contribution < -0.4 is 0 Å². The van der Waals surface area contributed by atoms with E-state index < -0.39 is 5.97 Å². The highest BCUT2D eigenvalue weighted by Gasteiger charge is 2.09. The second-order valence-electron chi connectivity index (χ2n) is 3.26. The van der Waals surface area contributed by atoms with Gasteiger partial charge in [-0.1, -0.05) is 24.3 Å². The summed E-state index contributed by atoms with van der Waals surface area (Å²) >= 11 is 5.41. The highest BCUT2D eigenvalue weighted by Crippen LogP contribution is 2.29. The first-order chi connectivity index (χ1) is 7.72. The van der Waals surface area contributed by atoms with E-state index in [1.165, 1.54) is 11.3 Å². The number of carboxylic acid groups (broad SMARTS) is 1. The highest BCUT2D eigenvalue weighted by molar-refractivity contribution is 7.80. The summed E-state index contributed by atoms with van der Waals surface area (Å²) in [5.74, 6) is -0.197. The lowest BCUT2D eigenvalue weighted by molar-refractivity contribution is 0.0702. The van der Waals surface area contributed by atoms with E-state index in [1.807, 2.05) is 30.4 Å². The van der Waals surface area contributed by atoms with Gasteiger partial charge >= 0.3 is 5.97 Å². The second-order valence-corrected chi connectivity index (χ2v) is 4.71. The maximum Gasteiger partial charge on any atom is 0.345 e. The van der Waals surface area contributed by atoms with Crippen LogP contribution in [0.3, 0.4) is 0 Å². The molecule has 0 radical (unpaired) electrons. The molecule has 0 aliphatic heterocycles. The smallest absolute Gasteiger partial charge is 0.345 e. The predicted molar refractivity (Wildman–Crippen MR) is 71.7 cm³/mol. The molecule has 1 heterocycles. The van der Waals surface area contributed by atoms with E-state index in [0.29, 0.717) is 10.6 Å². The van der Waals surface area contributed by atoms with Crippen LogP contribution in [0.1, 0.15) is 15.2 Å². The second kappa shape index (κ2) is 4.72. The van der Waals surface area contributed by atoms with Gasteiger partial charge in [0.15, 0.2) is 0 Å². The fourth-order valence-electron chi connectivity index (χ4n) is 1.51. The van der Waals surface area contributed by atoms with E-state index >= 15 is 0 Å². The molecule has 0 fully saturated rings. The minimum absolute atomic E-state index is 0.377. The minimum Gasteiger partial charge on any atom is -0.477 e. The molecule has 2 nitrogen and oxygen atoms in total. The Morgan fingerprint density at radius 2 is 2.31 bits per heavy atom. The molecule has 82 valence electrons. The Labute approximate surface area is 103 Å². The third-order valence-corrected chi connectivity index (χ3v) is 3.51. The van der Waals surface area contributed by atoms with Gasteiger partial charge in [0, 0.05) is 15.8 Å². The van der Waals surface area contributed by atoms with E-state index in [2.05, 4.69) is 12.6 Å². The molecule has 0 aliphatic rings. The Kier molecular flexibility index (Phi) is 3.31. The van der Waals surface area contributed by atoms with Crippen LogP contribution in [-0.4, -0.2) is 16.8 Å². The zero-order chi connectivity index (χ0) is 11.5. The summed E-state index contributed by atoms with van der Waals surface area (Å²) in [6, 6.07) is 7.56. The van der Waals surface area contributed by atoms with Crippen molar-refractivity contribution in [2.45, 2.75) is 0 Å². The lowest BCUT2D eigenvalue weighted by atomic mass is 10.1. The number of rotatable bonds is 3. The van der Waals surface area contributed by atoms with Crippen molar-refractivity contribution in [1.82, 2.24) is 0 Å². The van der Waals surface area contributed by atoms with Gasteiger partial charge in [-0.3, -0.25) is 0 Å². The van der Waals surface area contributed by atoms with E-state index in [0.717, 1.165) is 15.6 Å². The fourth-order valence-corrected chi connectivity index (χ4v) is 2.55. The number of thiophene rings is 1. The minimum atomic E-state index is -0.870. The quantitative estimate of drug-likeness (QED) is 0.817. The summed E-state index contributed by atoms with van der Waals surface area (Å²) in [6.45, 7) is 0. The van der Waals surface area contributed by atoms with Crippen LogP contribution in [-0.2, 0) is 0 Å². The Morgan fingerprint density at radius 3 is 3.00 bits per heavy atom. The Balaban J connectivity index is 2.58. The Bertz CT molecular complexity index is 555. The van der Waals surface area contributed by atoms with Crippen molar-refractivity contribution in [3.8, 4) is 0 Å². The molecule has 0 atom stereocenters. The van der Waals surface area contributed by atoms with Gasteiger partial charge in [-0.15, -0.1) is 11.3 Å². The molecule has 16 heavy (non-hydrogen) atoms. The third kappa shape index (κ3) is 2.13. The molecule has 1 N–H and O–H groups in total. The largest absolute Gasteiger partial charge is 0.477 e. The number of carbonyl (C=O) groups is 1. The SMILES string of the molecule is O=C(O)c1cc2c(C=CCS)cccc2s1. The van der Waals surface area contributed by atoms with Gasteiger partial charge in [-0.25, -0.2) is 4.79 Å². The molecule has 2 aromatic rings. The molecule has 0 saturated heterocycles. The van der Waals surface area contributed by atoms with Gasteiger partial charge in [0.25, 0.3) is 0 Å². The van der Waals surface area contributed by atoms with Crippen LogP contribution in [0.2, 0.25) is 0 Å². The number of hydrogen-bond acceptors (Lipinski definition) is 3. The number of thiol groups is 1. The Hall–Kier alpha value is -1.26. The molecule has 2 rings (SSSR count). The maximum absolute atomic E-state index is 10.9. The summed E-state index contributed by atoms with van der Waals surface area (Å²) in [5, 5.41) is 9.92. The van der Waals surface area contributed by atoms with Crippen molar-refractivity contribution in [2.75, 3.05) is 5.75 Å². The number of hydrogen-bond donors (Lipinski definition) is 2. The topological polar surface area (TPSA) is 37.3 Å². The van der Waals surface area contributed by atoms with E-state index in [4.69, 9.17) is 5.11 Å². The van der Waals surface area contributed by atoms with E-state index in [1.54, 1.807) is 6.07 Å². The first kappa shape index (κ1) is 11.2. The molecule has 1 aromatic heterocycles. The zero-order valence-corrected chi connectivity index (χ0v) is 10.1. The van der Waals surface area contributed by atoms with E-state index in [-0.39, 0.29) is 0 Å². The zero-order valence-electron chi connectivity index (χ0n) is 8.38. The van der Waals surface area contributed by atoms with Gasteiger partial charge < -0.3 is 5.11 Å². The van der Waals surface area contributed by atoms with Crippen LogP contribution in [0.25, 0.3) is 16.2 Å². The number of benzene rings is 1. The van der Waals surface area contributed by atoms with Crippen molar-refractivity contribution in [2.24, 2.45) is 0 Å². The molecular formula is C12H10O2S2. The monoisotopic (exact) mass is 250 g/mol. The molecule has 0 aliphatic carbocycles. The lowest BCUT2D eigenvalue weighted by Gasteiger charge is -1.95. The number of aromatic carboxylic acids is 1. The Morgan fingerprint density at radius 1 is 1.50 bits per heavy atom. The van der Waals surface area contributed by atoms with Crippen LogP contribution in [0.4, 0.5) is 0 Å². The predicted octanol–water partition coefficient (Wildman–Crippen LogP) is 3.54. The third-order valence-electron chi connectivity index (χ3n) is 2.21. The molecule has 1 aromatic carbocycles. The molecule has 0 spiro atoms. The first-order valence-electron chi connectivity index (χ1n) is 4.75. The van der Waals surface area contributed by atoms with Crippen molar-refractivity contribution < 1.29 is 9.90 Å². The summed E-state index contributed by atoms with van der Waals surface area (Å²) in [4.78, 5) is 11.3. The number of fused-ring (bicyclic) bond motifs is 1. The van der Waals surface area contributed by atoms with Crippen LogP contribution in [0.5, 0.6) is 0 Å². The van der Waals surface area contributed by atoms with Gasteiger partial charge in [0.2, 0.25) is 0 Å². The summed E-state index contributed by atoms with van der Waals surface area (Å²) in [7, 11) is 0. The van der Waals surface area contributed by atoms with Crippen molar-refractivity contribution in [1.29, 1.82) is 0 Å². The van der Waals surface area contributed by atoms with Gasteiger partial charge in [0.1, 0.15) is 4.88 Å². The van der Waals surface area contributed by atoms with Gasteiger partial charge in [-0.05, 0) is 17.7 Å². The van der Waals surface area contributed by atoms with Crippen molar-refractivity contribution >= 4 is 46.1 Å². The molecule has 0 saturated carbocycles. The van der Waals surface area contributed by atoms with Crippen molar-refractivity contribution in [3.05, 3.63) is 40.8 Å². The van der Waals surface area contributed by atoms with Crippen LogP contribution >= 0.6 is 24.0 Å². The standard InChI is InChI=1S/C12H10O2S2/c13-12(14)11-7-9-8(4-2-6-15)3-1-5-10(9)16-11/h1-5,7,15H,6H2,(H,13,14). The first-order valence-corrected chi connectivity index (χ1v) is 6.20. The molecule has 0 amide bonds. The van der Waals surface area contributed by atoms with Crippen molar-refractivity contribution in [3.63, 3.8) is 0 Å². The van der Waals surface area contributed by atoms with Gasteiger partial charge in [0.05, 0.1) is 0 Å². The number of carboxylic acids is 1. The molecular weight excluding hydrogens is 240 g/mol. The highest BCUT2D eigenvalue weighted by atomic mass is 32.1. The molecule has 4 heteroatoms. The fraction of sp³-hybridized carbons (Fsp3) is 0.0833. The summed E-state index contributed by atoms with van der Waals surface area (Å²) < 4.78 is 0.999. The summed E-state index contributed by atoms with van der Waals surface area (Å²) in [6.07, 6.45) is 3.91. The maximum atomic E-state index is 10.9. The average molecular weight is 250 g/mol. The van der Waals surface area contributed by atoms with Crippen LogP contribution in [0.15, 0.2) is 30.3 Å². The van der Waals surface area contributed by atoms with E-state index in [9.17, 15) is 4.79 Å².